The zero-order valence-corrected chi connectivity index (χ0v) is 18.9. The largest absolute Gasteiger partial charge is 0.296 e. The molecule has 0 aliphatic rings. The Balaban J connectivity index is 1.59. The number of fused-ring (bicyclic) bond motifs is 1. The molecule has 0 fully saturated rings. The number of nitrogens with one attached hydrogen (secondary N) is 1. The summed E-state index contributed by atoms with van der Waals surface area (Å²) in [5.41, 5.74) is 1.61. The number of thiazole rings is 1. The van der Waals surface area contributed by atoms with Gasteiger partial charge in [-0.2, -0.15) is 9.78 Å². The van der Waals surface area contributed by atoms with Crippen molar-refractivity contribution in [3.05, 3.63) is 106 Å². The smallest absolute Gasteiger partial charge is 0.279 e. The number of rotatable bonds is 5. The van der Waals surface area contributed by atoms with Crippen LogP contribution < -0.4 is 10.9 Å². The summed E-state index contributed by atoms with van der Waals surface area (Å²) in [4.78, 5) is 43.6. The number of hydrogen-bond donors (Lipinski definition) is 1. The molecule has 2 aromatic heterocycles. The van der Waals surface area contributed by atoms with Gasteiger partial charge in [0.15, 0.2) is 16.6 Å². The second-order valence-corrected chi connectivity index (χ2v) is 8.52. The molecule has 0 atom stereocenters. The van der Waals surface area contributed by atoms with Gasteiger partial charge in [0.1, 0.15) is 0 Å². The van der Waals surface area contributed by atoms with Crippen molar-refractivity contribution in [2.45, 2.75) is 6.92 Å². The molecule has 0 saturated heterocycles. The minimum Gasteiger partial charge on any atom is -0.296 e. The van der Waals surface area contributed by atoms with Crippen LogP contribution in [-0.4, -0.2) is 26.5 Å². The molecule has 0 aliphatic heterocycles. The molecule has 1 amide bonds. The van der Waals surface area contributed by atoms with E-state index in [0.29, 0.717) is 27.0 Å². The third-order valence-electron chi connectivity index (χ3n) is 5.24. The third kappa shape index (κ3) is 3.91. The summed E-state index contributed by atoms with van der Waals surface area (Å²) in [6.07, 6.45) is 0. The van der Waals surface area contributed by atoms with Crippen molar-refractivity contribution < 1.29 is 9.59 Å². The van der Waals surface area contributed by atoms with Crippen LogP contribution in [0.5, 0.6) is 0 Å². The molecular weight excluding hydrogens is 448 g/mol. The van der Waals surface area contributed by atoms with Crippen LogP contribution in [0.3, 0.4) is 0 Å². The van der Waals surface area contributed by atoms with Crippen LogP contribution in [0.1, 0.15) is 27.1 Å². The molecule has 166 valence electrons. The van der Waals surface area contributed by atoms with Crippen LogP contribution in [0.2, 0.25) is 0 Å². The fourth-order valence-electron chi connectivity index (χ4n) is 3.66. The number of anilines is 1. The van der Waals surface area contributed by atoms with Gasteiger partial charge >= 0.3 is 0 Å². The number of carbonyl (C=O) groups is 2. The Kier molecular flexibility index (Phi) is 5.57. The average Bonchev–Trinajstić information content (AvgIpc) is 3.29. The molecule has 1 N–H and O–H groups in total. The second-order valence-electron chi connectivity index (χ2n) is 7.52. The summed E-state index contributed by atoms with van der Waals surface area (Å²) in [6, 6.07) is 25.1. The lowest BCUT2D eigenvalue weighted by atomic mass is 10.1. The van der Waals surface area contributed by atoms with E-state index in [2.05, 4.69) is 15.4 Å². The minimum absolute atomic E-state index is 0.0832. The maximum absolute atomic E-state index is 13.3. The summed E-state index contributed by atoms with van der Waals surface area (Å²) >= 11 is 1.11. The highest BCUT2D eigenvalue weighted by Crippen LogP contribution is 2.32. The summed E-state index contributed by atoms with van der Waals surface area (Å²) < 4.78 is 1.22. The normalized spacial score (nSPS) is 10.9. The molecule has 2 heterocycles. The predicted molar refractivity (Wildman–Crippen MR) is 133 cm³/mol. The minimum atomic E-state index is -0.524. The van der Waals surface area contributed by atoms with Gasteiger partial charge in [-0.15, -0.1) is 0 Å². The number of hydrogen-bond acceptors (Lipinski definition) is 6. The van der Waals surface area contributed by atoms with Gasteiger partial charge in [-0.1, -0.05) is 78.1 Å². The Labute approximate surface area is 198 Å². The molecule has 0 radical (unpaired) electrons. The monoisotopic (exact) mass is 466 g/mol. The van der Waals surface area contributed by atoms with Crippen LogP contribution in [0.25, 0.3) is 27.7 Å². The molecule has 0 aliphatic carbocycles. The molecule has 5 rings (SSSR count). The second kappa shape index (κ2) is 8.84. The summed E-state index contributed by atoms with van der Waals surface area (Å²) in [5, 5.41) is 8.25. The lowest BCUT2D eigenvalue weighted by molar-refractivity contribution is 0.101. The lowest BCUT2D eigenvalue weighted by Crippen LogP contribution is -2.26. The quantitative estimate of drug-likeness (QED) is 0.369. The molecule has 34 heavy (non-hydrogen) atoms. The van der Waals surface area contributed by atoms with E-state index in [0.717, 1.165) is 16.9 Å². The van der Waals surface area contributed by atoms with E-state index in [1.807, 2.05) is 36.4 Å². The average molecular weight is 467 g/mol. The molecule has 3 aromatic carbocycles. The molecule has 0 saturated carbocycles. The number of ketones is 1. The van der Waals surface area contributed by atoms with E-state index in [1.165, 1.54) is 11.6 Å². The first-order valence-corrected chi connectivity index (χ1v) is 11.3. The van der Waals surface area contributed by atoms with Crippen molar-refractivity contribution in [3.63, 3.8) is 0 Å². The van der Waals surface area contributed by atoms with Gasteiger partial charge in [-0.3, -0.25) is 19.7 Å². The highest BCUT2D eigenvalue weighted by Gasteiger charge is 2.21. The van der Waals surface area contributed by atoms with Gasteiger partial charge < -0.3 is 0 Å². The van der Waals surface area contributed by atoms with Crippen molar-refractivity contribution in [2.24, 2.45) is 0 Å². The van der Waals surface area contributed by atoms with Gasteiger partial charge in [0.05, 0.1) is 21.6 Å². The Morgan fingerprint density at radius 1 is 0.853 bits per heavy atom. The summed E-state index contributed by atoms with van der Waals surface area (Å²) in [7, 11) is 0. The Morgan fingerprint density at radius 3 is 2.15 bits per heavy atom. The lowest BCUT2D eigenvalue weighted by Gasteiger charge is -2.10. The van der Waals surface area contributed by atoms with Crippen LogP contribution in [-0.2, 0) is 0 Å². The Bertz CT molecular complexity index is 1590. The van der Waals surface area contributed by atoms with Crippen molar-refractivity contribution >= 4 is 38.9 Å². The first-order chi connectivity index (χ1) is 16.5. The van der Waals surface area contributed by atoms with E-state index in [-0.39, 0.29) is 22.2 Å². The zero-order valence-electron chi connectivity index (χ0n) is 18.1. The predicted octanol–water partition coefficient (Wildman–Crippen LogP) is 4.96. The number of Topliss-reactive ketones (excluding diaryl/α,β-unsaturated/α-hetero) is 1. The van der Waals surface area contributed by atoms with Crippen LogP contribution in [0.15, 0.2) is 89.7 Å². The highest BCUT2D eigenvalue weighted by atomic mass is 32.1. The van der Waals surface area contributed by atoms with Gasteiger partial charge in [0.2, 0.25) is 0 Å². The number of carbonyl (C=O) groups excluding carboxylic acids is 2. The SMILES string of the molecule is CC(=O)c1sc(NC(=O)c2nn(-c3ccccc3)c(=O)c3ccccc23)nc1-c1ccccc1. The Morgan fingerprint density at radius 2 is 1.47 bits per heavy atom. The van der Waals surface area contributed by atoms with Crippen LogP contribution in [0.4, 0.5) is 5.13 Å². The van der Waals surface area contributed by atoms with Gasteiger partial charge in [-0.25, -0.2) is 4.98 Å². The maximum Gasteiger partial charge on any atom is 0.279 e. The molecule has 8 heteroatoms. The number of benzene rings is 3. The number of aromatic nitrogens is 3. The number of para-hydroxylation sites is 1. The Hall–Kier alpha value is -4.43. The van der Waals surface area contributed by atoms with Gasteiger partial charge in [0.25, 0.3) is 11.5 Å². The zero-order chi connectivity index (χ0) is 23.7. The van der Waals surface area contributed by atoms with E-state index in [4.69, 9.17) is 0 Å². The number of amides is 1. The molecule has 0 bridgehead atoms. The first-order valence-electron chi connectivity index (χ1n) is 10.5. The molecular formula is C26H18N4O3S. The van der Waals surface area contributed by atoms with E-state index in [1.54, 1.807) is 48.5 Å². The fraction of sp³-hybridized carbons (Fsp3) is 0.0385. The molecule has 5 aromatic rings. The molecule has 7 nitrogen and oxygen atoms in total. The number of nitrogens with zero attached hydrogens (tertiary/aromatic N) is 3. The van der Waals surface area contributed by atoms with Crippen molar-refractivity contribution in [3.8, 4) is 16.9 Å². The van der Waals surface area contributed by atoms with E-state index >= 15 is 0 Å². The standard InChI is InChI=1S/C26H18N4O3S/c1-16(31)23-21(17-10-4-2-5-11-17)27-26(34-23)28-24(32)22-19-14-8-9-15-20(19)25(33)30(29-22)18-12-6-3-7-13-18/h2-15H,1H3,(H,27,28,32). The molecule has 0 spiro atoms. The van der Waals surface area contributed by atoms with Gasteiger partial charge in [0, 0.05) is 17.9 Å². The van der Waals surface area contributed by atoms with Crippen LogP contribution >= 0.6 is 11.3 Å². The molecule has 0 unspecified atom stereocenters. The van der Waals surface area contributed by atoms with E-state index in [9.17, 15) is 14.4 Å². The first kappa shape index (κ1) is 21.4. The topological polar surface area (TPSA) is 94.0 Å². The van der Waals surface area contributed by atoms with Crippen molar-refractivity contribution in [1.29, 1.82) is 0 Å². The van der Waals surface area contributed by atoms with Crippen molar-refractivity contribution in [2.75, 3.05) is 5.32 Å². The summed E-state index contributed by atoms with van der Waals surface area (Å²) in [5.74, 6) is -0.664. The van der Waals surface area contributed by atoms with E-state index < -0.39 is 5.91 Å². The maximum atomic E-state index is 13.3. The van der Waals surface area contributed by atoms with Crippen LogP contribution in [0, 0.1) is 0 Å². The van der Waals surface area contributed by atoms with Crippen molar-refractivity contribution in [1.82, 2.24) is 14.8 Å². The highest BCUT2D eigenvalue weighted by molar-refractivity contribution is 7.18. The van der Waals surface area contributed by atoms with Gasteiger partial charge in [-0.05, 0) is 18.2 Å². The third-order valence-corrected chi connectivity index (χ3v) is 6.31. The fourth-order valence-corrected chi connectivity index (χ4v) is 4.54. The summed E-state index contributed by atoms with van der Waals surface area (Å²) in [6.45, 7) is 1.47.